The molecule has 0 aliphatic rings. The third kappa shape index (κ3) is 4.59. The molecule has 17 heavy (non-hydrogen) atoms. The molecule has 0 spiro atoms. The number of aromatic amines is 1. The zero-order chi connectivity index (χ0) is 12.7. The highest BCUT2D eigenvalue weighted by Gasteiger charge is 2.00. The summed E-state index contributed by atoms with van der Waals surface area (Å²) in [6.07, 6.45) is 5.07. The van der Waals surface area contributed by atoms with E-state index in [0.29, 0.717) is 0 Å². The van der Waals surface area contributed by atoms with E-state index in [0.717, 1.165) is 37.4 Å². The maximum Gasteiger partial charge on any atom is 0.0450 e. The Morgan fingerprint density at radius 1 is 1.59 bits per heavy atom. The number of hydrogen-bond acceptors (Lipinski definition) is 2. The zero-order valence-electron chi connectivity index (χ0n) is 10.8. The summed E-state index contributed by atoms with van der Waals surface area (Å²) in [6, 6.07) is 2.14. The fourth-order valence-electron chi connectivity index (χ4n) is 1.75. The molecule has 0 amide bonds. The lowest BCUT2D eigenvalue weighted by molar-refractivity contribution is 0.689. The first-order valence-electron chi connectivity index (χ1n) is 6.07. The molecule has 0 saturated carbocycles. The second-order valence-corrected chi connectivity index (χ2v) is 4.34. The van der Waals surface area contributed by atoms with Gasteiger partial charge in [-0.2, -0.15) is 0 Å². The zero-order valence-corrected chi connectivity index (χ0v) is 10.8. The molecule has 1 heterocycles. The second kappa shape index (κ2) is 7.09. The molecule has 3 nitrogen and oxygen atoms in total. The Hall–Kier alpha value is -1.32. The highest BCUT2D eigenvalue weighted by atomic mass is 14.8. The van der Waals surface area contributed by atoms with Crippen molar-refractivity contribution in [3.05, 3.63) is 35.2 Å². The SMILES string of the molecule is C=Cc1[nH]c(C)cc1/C=C(\C)CNCCCN. The van der Waals surface area contributed by atoms with Crippen LogP contribution in [0.4, 0.5) is 0 Å². The summed E-state index contributed by atoms with van der Waals surface area (Å²) in [7, 11) is 0. The van der Waals surface area contributed by atoms with Crippen LogP contribution in [0.2, 0.25) is 0 Å². The van der Waals surface area contributed by atoms with E-state index < -0.39 is 0 Å². The average molecular weight is 233 g/mol. The van der Waals surface area contributed by atoms with Crippen LogP contribution in [0.5, 0.6) is 0 Å². The van der Waals surface area contributed by atoms with Crippen molar-refractivity contribution in [1.29, 1.82) is 0 Å². The van der Waals surface area contributed by atoms with Gasteiger partial charge in [-0.25, -0.2) is 0 Å². The number of H-pyrrole nitrogens is 1. The van der Waals surface area contributed by atoms with Gasteiger partial charge in [0.05, 0.1) is 0 Å². The number of hydrogen-bond donors (Lipinski definition) is 3. The number of aromatic nitrogens is 1. The third-order valence-corrected chi connectivity index (χ3v) is 2.58. The van der Waals surface area contributed by atoms with Gasteiger partial charge >= 0.3 is 0 Å². The van der Waals surface area contributed by atoms with Gasteiger partial charge in [0.1, 0.15) is 0 Å². The van der Waals surface area contributed by atoms with Gasteiger partial charge in [0.25, 0.3) is 0 Å². The minimum Gasteiger partial charge on any atom is -0.359 e. The third-order valence-electron chi connectivity index (χ3n) is 2.58. The largest absolute Gasteiger partial charge is 0.359 e. The monoisotopic (exact) mass is 233 g/mol. The normalized spacial score (nSPS) is 11.8. The van der Waals surface area contributed by atoms with Crippen molar-refractivity contribution < 1.29 is 0 Å². The van der Waals surface area contributed by atoms with Crippen LogP contribution < -0.4 is 11.1 Å². The van der Waals surface area contributed by atoms with Gasteiger partial charge in [-0.15, -0.1) is 0 Å². The van der Waals surface area contributed by atoms with Crippen LogP contribution in [0.15, 0.2) is 18.2 Å². The standard InChI is InChI=1S/C14H23N3/c1-4-14-13(9-12(3)17-14)8-11(2)10-16-7-5-6-15/h4,8-9,16-17H,1,5-7,10,15H2,2-3H3/b11-8+. The van der Waals surface area contributed by atoms with E-state index in [4.69, 9.17) is 5.73 Å². The molecule has 1 aromatic heterocycles. The van der Waals surface area contributed by atoms with Crippen molar-refractivity contribution in [2.45, 2.75) is 20.3 Å². The molecule has 0 atom stereocenters. The maximum absolute atomic E-state index is 5.44. The van der Waals surface area contributed by atoms with Gasteiger partial charge in [-0.1, -0.05) is 18.2 Å². The lowest BCUT2D eigenvalue weighted by Crippen LogP contribution is -2.19. The molecule has 0 fully saturated rings. The summed E-state index contributed by atoms with van der Waals surface area (Å²) in [5.74, 6) is 0. The van der Waals surface area contributed by atoms with Gasteiger partial charge in [0.2, 0.25) is 0 Å². The summed E-state index contributed by atoms with van der Waals surface area (Å²) in [4.78, 5) is 3.28. The second-order valence-electron chi connectivity index (χ2n) is 4.34. The van der Waals surface area contributed by atoms with Crippen molar-refractivity contribution in [3.8, 4) is 0 Å². The Morgan fingerprint density at radius 3 is 3.00 bits per heavy atom. The smallest absolute Gasteiger partial charge is 0.0450 e. The quantitative estimate of drug-likeness (QED) is 0.633. The molecule has 0 aromatic carbocycles. The summed E-state index contributed by atoms with van der Waals surface area (Å²) in [6.45, 7) is 10.6. The van der Waals surface area contributed by atoms with Crippen molar-refractivity contribution >= 4 is 12.2 Å². The number of rotatable bonds is 7. The van der Waals surface area contributed by atoms with Crippen molar-refractivity contribution in [2.75, 3.05) is 19.6 Å². The molecule has 1 rings (SSSR count). The number of nitrogens with two attached hydrogens (primary N) is 1. The molecule has 0 saturated heterocycles. The Morgan fingerprint density at radius 2 is 2.35 bits per heavy atom. The first-order chi connectivity index (χ1) is 8.17. The number of nitrogens with one attached hydrogen (secondary N) is 2. The first-order valence-corrected chi connectivity index (χ1v) is 6.07. The fourth-order valence-corrected chi connectivity index (χ4v) is 1.75. The molecule has 0 aliphatic carbocycles. The Balaban J connectivity index is 2.57. The predicted molar refractivity (Wildman–Crippen MR) is 75.8 cm³/mol. The average Bonchev–Trinajstić information content (AvgIpc) is 2.65. The van der Waals surface area contributed by atoms with E-state index in [-0.39, 0.29) is 0 Å². The molecular weight excluding hydrogens is 210 g/mol. The van der Waals surface area contributed by atoms with E-state index >= 15 is 0 Å². The Labute approximate surface area is 104 Å². The topological polar surface area (TPSA) is 53.8 Å². The minimum absolute atomic E-state index is 0.743. The summed E-state index contributed by atoms with van der Waals surface area (Å²) >= 11 is 0. The van der Waals surface area contributed by atoms with Gasteiger partial charge in [-0.05, 0) is 51.1 Å². The molecule has 0 aliphatic heterocycles. The van der Waals surface area contributed by atoms with Crippen LogP contribution in [0.1, 0.15) is 30.3 Å². The fraction of sp³-hybridized carbons (Fsp3) is 0.429. The molecule has 0 unspecified atom stereocenters. The molecule has 3 heteroatoms. The summed E-state index contributed by atoms with van der Waals surface area (Å²) < 4.78 is 0. The predicted octanol–water partition coefficient (Wildman–Crippen LogP) is 2.31. The highest BCUT2D eigenvalue weighted by molar-refractivity contribution is 5.64. The van der Waals surface area contributed by atoms with E-state index in [1.807, 2.05) is 6.08 Å². The van der Waals surface area contributed by atoms with Crippen LogP contribution in [0.25, 0.3) is 12.2 Å². The minimum atomic E-state index is 0.743. The van der Waals surface area contributed by atoms with E-state index in [2.05, 4.69) is 42.9 Å². The molecule has 0 bridgehead atoms. The Bertz CT molecular complexity index is 388. The van der Waals surface area contributed by atoms with Gasteiger partial charge < -0.3 is 16.0 Å². The highest BCUT2D eigenvalue weighted by Crippen LogP contribution is 2.15. The number of aryl methyl sites for hydroxylation is 1. The van der Waals surface area contributed by atoms with Gasteiger partial charge in [0, 0.05) is 17.9 Å². The lowest BCUT2D eigenvalue weighted by Gasteiger charge is -2.04. The molecule has 4 N–H and O–H groups in total. The van der Waals surface area contributed by atoms with Crippen molar-refractivity contribution in [3.63, 3.8) is 0 Å². The lowest BCUT2D eigenvalue weighted by atomic mass is 10.1. The summed E-state index contributed by atoms with van der Waals surface area (Å²) in [5, 5.41) is 3.37. The van der Waals surface area contributed by atoms with E-state index in [9.17, 15) is 0 Å². The molecule has 94 valence electrons. The van der Waals surface area contributed by atoms with Crippen molar-refractivity contribution in [1.82, 2.24) is 10.3 Å². The van der Waals surface area contributed by atoms with Crippen LogP contribution in [-0.2, 0) is 0 Å². The molecule has 0 radical (unpaired) electrons. The molecule has 1 aromatic rings. The van der Waals surface area contributed by atoms with Gasteiger partial charge in [-0.3, -0.25) is 0 Å². The Kier molecular flexibility index (Phi) is 5.73. The van der Waals surface area contributed by atoms with Crippen LogP contribution in [0, 0.1) is 6.92 Å². The van der Waals surface area contributed by atoms with Crippen LogP contribution in [0.3, 0.4) is 0 Å². The maximum atomic E-state index is 5.44. The summed E-state index contributed by atoms with van der Waals surface area (Å²) in [5.41, 5.74) is 10.2. The van der Waals surface area contributed by atoms with Crippen LogP contribution >= 0.6 is 0 Å². The van der Waals surface area contributed by atoms with E-state index in [1.165, 1.54) is 11.1 Å². The van der Waals surface area contributed by atoms with Crippen LogP contribution in [-0.4, -0.2) is 24.6 Å². The van der Waals surface area contributed by atoms with E-state index in [1.54, 1.807) is 0 Å². The van der Waals surface area contributed by atoms with Crippen molar-refractivity contribution in [2.24, 2.45) is 5.73 Å². The first kappa shape index (κ1) is 13.7. The molecular formula is C14H23N3. The van der Waals surface area contributed by atoms with Gasteiger partial charge in [0.15, 0.2) is 0 Å².